The second kappa shape index (κ2) is 9.58. The number of rotatable bonds is 5. The smallest absolute Gasteiger partial charge is 0.326 e. The molecular formula is C24H23N3O4. The number of anilines is 2. The fourth-order valence-corrected chi connectivity index (χ4v) is 2.98. The predicted octanol–water partition coefficient (Wildman–Crippen LogP) is 4.53. The number of hydrogen-bond donors (Lipinski definition) is 3. The summed E-state index contributed by atoms with van der Waals surface area (Å²) < 4.78 is 5.28. The van der Waals surface area contributed by atoms with Gasteiger partial charge in [-0.15, -0.1) is 0 Å². The SMILES string of the molecule is COc1cc(C(=O)NC(=O)Nc2cccc(NC(=O)c3ccccc3)c2)cc(C)c1C. The number of aryl methyl sites for hydroxylation is 1. The van der Waals surface area contributed by atoms with Crippen LogP contribution in [0.1, 0.15) is 31.8 Å². The van der Waals surface area contributed by atoms with Crippen LogP contribution in [0.25, 0.3) is 0 Å². The number of imide groups is 1. The minimum atomic E-state index is -0.686. The van der Waals surface area contributed by atoms with Crippen molar-refractivity contribution in [3.8, 4) is 5.75 Å². The fraction of sp³-hybridized carbons (Fsp3) is 0.125. The van der Waals surface area contributed by atoms with Gasteiger partial charge >= 0.3 is 6.03 Å². The summed E-state index contributed by atoms with van der Waals surface area (Å²) in [7, 11) is 1.53. The van der Waals surface area contributed by atoms with Crippen LogP contribution in [0, 0.1) is 13.8 Å². The predicted molar refractivity (Wildman–Crippen MR) is 120 cm³/mol. The van der Waals surface area contributed by atoms with Crippen molar-refractivity contribution in [3.05, 3.63) is 89.0 Å². The molecule has 0 aliphatic heterocycles. The molecule has 3 aromatic carbocycles. The van der Waals surface area contributed by atoms with Gasteiger partial charge in [0.1, 0.15) is 5.75 Å². The van der Waals surface area contributed by atoms with Crippen molar-refractivity contribution in [1.29, 1.82) is 0 Å². The molecule has 0 aliphatic carbocycles. The van der Waals surface area contributed by atoms with Gasteiger partial charge < -0.3 is 15.4 Å². The minimum Gasteiger partial charge on any atom is -0.496 e. The maximum absolute atomic E-state index is 12.5. The molecule has 7 nitrogen and oxygen atoms in total. The summed E-state index contributed by atoms with van der Waals surface area (Å²) in [6.45, 7) is 3.76. The first-order valence-corrected chi connectivity index (χ1v) is 9.61. The van der Waals surface area contributed by atoms with Crippen molar-refractivity contribution in [3.63, 3.8) is 0 Å². The summed E-state index contributed by atoms with van der Waals surface area (Å²) in [5, 5.41) is 7.67. The molecule has 0 heterocycles. The molecule has 3 rings (SSSR count). The molecule has 0 spiro atoms. The molecule has 0 radical (unpaired) electrons. The van der Waals surface area contributed by atoms with Crippen LogP contribution in [0.2, 0.25) is 0 Å². The van der Waals surface area contributed by atoms with Crippen molar-refractivity contribution in [1.82, 2.24) is 5.32 Å². The zero-order chi connectivity index (χ0) is 22.4. The zero-order valence-corrected chi connectivity index (χ0v) is 17.5. The number of nitrogens with one attached hydrogen (secondary N) is 3. The van der Waals surface area contributed by atoms with Crippen molar-refractivity contribution in [2.45, 2.75) is 13.8 Å². The Morgan fingerprint density at radius 3 is 2.10 bits per heavy atom. The largest absolute Gasteiger partial charge is 0.496 e. The van der Waals surface area contributed by atoms with Gasteiger partial charge in [0.25, 0.3) is 11.8 Å². The van der Waals surface area contributed by atoms with Crippen molar-refractivity contribution in [2.24, 2.45) is 0 Å². The molecule has 7 heteroatoms. The van der Waals surface area contributed by atoms with E-state index < -0.39 is 11.9 Å². The fourth-order valence-electron chi connectivity index (χ4n) is 2.98. The summed E-state index contributed by atoms with van der Waals surface area (Å²) >= 11 is 0. The van der Waals surface area contributed by atoms with Crippen LogP contribution in [0.4, 0.5) is 16.2 Å². The molecular weight excluding hydrogens is 394 g/mol. The maximum Gasteiger partial charge on any atom is 0.326 e. The molecule has 0 unspecified atom stereocenters. The van der Waals surface area contributed by atoms with Crippen molar-refractivity contribution >= 4 is 29.2 Å². The topological polar surface area (TPSA) is 96.5 Å². The van der Waals surface area contributed by atoms with E-state index in [0.29, 0.717) is 28.3 Å². The van der Waals surface area contributed by atoms with E-state index in [-0.39, 0.29) is 5.91 Å². The van der Waals surface area contributed by atoms with E-state index in [1.54, 1.807) is 60.7 Å². The number of ether oxygens (including phenoxy) is 1. The molecule has 158 valence electrons. The second-order valence-corrected chi connectivity index (χ2v) is 6.93. The Bertz CT molecular complexity index is 1130. The van der Waals surface area contributed by atoms with Crippen LogP contribution in [-0.2, 0) is 0 Å². The van der Waals surface area contributed by atoms with E-state index in [0.717, 1.165) is 11.1 Å². The van der Waals surface area contributed by atoms with Crippen LogP contribution in [0.5, 0.6) is 5.75 Å². The molecule has 0 bridgehead atoms. The normalized spacial score (nSPS) is 10.2. The van der Waals surface area contributed by atoms with E-state index in [1.807, 2.05) is 19.9 Å². The monoisotopic (exact) mass is 417 g/mol. The minimum absolute atomic E-state index is 0.263. The van der Waals surface area contributed by atoms with Gasteiger partial charge in [-0.2, -0.15) is 0 Å². The number of hydrogen-bond acceptors (Lipinski definition) is 4. The number of amides is 4. The molecule has 0 saturated heterocycles. The molecule has 0 atom stereocenters. The van der Waals surface area contributed by atoms with E-state index >= 15 is 0 Å². The van der Waals surface area contributed by atoms with Gasteiger partial charge in [0, 0.05) is 22.5 Å². The Morgan fingerprint density at radius 2 is 1.42 bits per heavy atom. The Hall–Kier alpha value is -4.13. The van der Waals surface area contributed by atoms with Crippen LogP contribution in [-0.4, -0.2) is 25.0 Å². The first kappa shape index (κ1) is 21.6. The first-order valence-electron chi connectivity index (χ1n) is 9.61. The lowest BCUT2D eigenvalue weighted by atomic mass is 10.0. The average Bonchev–Trinajstić information content (AvgIpc) is 2.76. The molecule has 0 aliphatic rings. The molecule has 0 saturated carbocycles. The van der Waals surface area contributed by atoms with Gasteiger partial charge in [-0.1, -0.05) is 24.3 Å². The molecule has 4 amide bonds. The lowest BCUT2D eigenvalue weighted by Crippen LogP contribution is -2.34. The Labute approximate surface area is 180 Å². The number of methoxy groups -OCH3 is 1. The third-order valence-electron chi connectivity index (χ3n) is 4.74. The van der Waals surface area contributed by atoms with Gasteiger partial charge in [0.2, 0.25) is 0 Å². The summed E-state index contributed by atoms with van der Waals surface area (Å²) in [6.07, 6.45) is 0. The third kappa shape index (κ3) is 5.48. The van der Waals surface area contributed by atoms with Crippen LogP contribution in [0.3, 0.4) is 0 Å². The van der Waals surface area contributed by atoms with Gasteiger partial charge in [0.15, 0.2) is 0 Å². The Morgan fingerprint density at radius 1 is 0.742 bits per heavy atom. The summed E-state index contributed by atoms with van der Waals surface area (Å²) in [4.78, 5) is 37.0. The highest BCUT2D eigenvalue weighted by molar-refractivity contribution is 6.08. The molecule has 3 N–H and O–H groups in total. The van der Waals surface area contributed by atoms with Gasteiger partial charge in [-0.05, 0) is 67.4 Å². The number of benzene rings is 3. The summed E-state index contributed by atoms with van der Waals surface area (Å²) in [6, 6.07) is 18.0. The van der Waals surface area contributed by atoms with Crippen LogP contribution >= 0.6 is 0 Å². The maximum atomic E-state index is 12.5. The highest BCUT2D eigenvalue weighted by Crippen LogP contribution is 2.23. The Balaban J connectivity index is 1.64. The number of carbonyl (C=O) groups excluding carboxylic acids is 3. The Kier molecular flexibility index (Phi) is 6.67. The van der Waals surface area contributed by atoms with Gasteiger partial charge in [-0.3, -0.25) is 14.9 Å². The second-order valence-electron chi connectivity index (χ2n) is 6.93. The van der Waals surface area contributed by atoms with Gasteiger partial charge in [-0.25, -0.2) is 4.79 Å². The average molecular weight is 417 g/mol. The molecule has 3 aromatic rings. The quantitative estimate of drug-likeness (QED) is 0.568. The summed E-state index contributed by atoms with van der Waals surface area (Å²) in [5.41, 5.74) is 3.59. The van der Waals surface area contributed by atoms with E-state index in [9.17, 15) is 14.4 Å². The highest BCUT2D eigenvalue weighted by atomic mass is 16.5. The lowest BCUT2D eigenvalue weighted by molar-refractivity contribution is 0.0965. The number of carbonyl (C=O) groups is 3. The molecule has 0 aromatic heterocycles. The van der Waals surface area contributed by atoms with E-state index in [2.05, 4.69) is 16.0 Å². The number of urea groups is 1. The first-order chi connectivity index (χ1) is 14.9. The zero-order valence-electron chi connectivity index (χ0n) is 17.5. The highest BCUT2D eigenvalue weighted by Gasteiger charge is 2.14. The van der Waals surface area contributed by atoms with Crippen LogP contribution in [0.15, 0.2) is 66.7 Å². The van der Waals surface area contributed by atoms with E-state index in [1.165, 1.54) is 7.11 Å². The molecule has 31 heavy (non-hydrogen) atoms. The van der Waals surface area contributed by atoms with E-state index in [4.69, 9.17) is 4.74 Å². The lowest BCUT2D eigenvalue weighted by Gasteiger charge is -2.12. The van der Waals surface area contributed by atoms with Gasteiger partial charge in [0.05, 0.1) is 7.11 Å². The third-order valence-corrected chi connectivity index (χ3v) is 4.74. The molecule has 0 fully saturated rings. The summed E-state index contributed by atoms with van der Waals surface area (Å²) in [5.74, 6) is -0.235. The standard InChI is InChI=1S/C24H23N3O4/c1-15-12-18(13-21(31-3)16(15)2)23(29)27-24(30)26-20-11-7-10-19(14-20)25-22(28)17-8-5-4-6-9-17/h4-14H,1-3H3,(H,25,28)(H2,26,27,29,30). The van der Waals surface area contributed by atoms with Crippen molar-refractivity contribution < 1.29 is 19.1 Å². The van der Waals surface area contributed by atoms with Crippen LogP contribution < -0.4 is 20.7 Å². The van der Waals surface area contributed by atoms with Crippen molar-refractivity contribution in [2.75, 3.05) is 17.7 Å².